The number of pyridine rings is 1. The molecular formula is C17H26FN3. The molecule has 1 aromatic rings. The number of nitrogens with one attached hydrogen (secondary N) is 1. The lowest BCUT2D eigenvalue weighted by molar-refractivity contribution is 0.202. The summed E-state index contributed by atoms with van der Waals surface area (Å²) in [7, 11) is 0. The van der Waals surface area contributed by atoms with E-state index >= 15 is 0 Å². The third-order valence-corrected chi connectivity index (χ3v) is 4.98. The number of aromatic nitrogens is 1. The SMILES string of the molecule is CCCNC(CCN1CC2CCC1C2)c1ccc(F)cn1. The van der Waals surface area contributed by atoms with Crippen molar-refractivity contribution in [1.29, 1.82) is 0 Å². The van der Waals surface area contributed by atoms with Gasteiger partial charge in [0.2, 0.25) is 0 Å². The van der Waals surface area contributed by atoms with Gasteiger partial charge in [-0.25, -0.2) is 4.39 Å². The number of nitrogens with zero attached hydrogens (tertiary/aromatic N) is 2. The summed E-state index contributed by atoms with van der Waals surface area (Å²) in [4.78, 5) is 6.92. The van der Waals surface area contributed by atoms with Gasteiger partial charge >= 0.3 is 0 Å². The molecule has 4 heteroatoms. The average molecular weight is 291 g/mol. The van der Waals surface area contributed by atoms with Crippen LogP contribution >= 0.6 is 0 Å². The van der Waals surface area contributed by atoms with E-state index in [2.05, 4.69) is 22.1 Å². The van der Waals surface area contributed by atoms with E-state index in [-0.39, 0.29) is 11.9 Å². The molecule has 3 atom stereocenters. The van der Waals surface area contributed by atoms with E-state index in [4.69, 9.17) is 0 Å². The summed E-state index contributed by atoms with van der Waals surface area (Å²) in [6.07, 6.45) is 7.70. The Morgan fingerprint density at radius 1 is 1.43 bits per heavy atom. The van der Waals surface area contributed by atoms with Crippen LogP contribution in [0.25, 0.3) is 0 Å². The zero-order chi connectivity index (χ0) is 14.7. The second-order valence-corrected chi connectivity index (χ2v) is 6.52. The zero-order valence-corrected chi connectivity index (χ0v) is 12.9. The molecule has 1 N–H and O–H groups in total. The average Bonchev–Trinajstić information content (AvgIpc) is 3.11. The lowest BCUT2D eigenvalue weighted by atomic mass is 10.1. The first-order chi connectivity index (χ1) is 10.3. The van der Waals surface area contributed by atoms with Crippen LogP contribution in [0.4, 0.5) is 4.39 Å². The van der Waals surface area contributed by atoms with Crippen molar-refractivity contribution >= 4 is 0 Å². The van der Waals surface area contributed by atoms with Crippen LogP contribution in [-0.2, 0) is 0 Å². The maximum absolute atomic E-state index is 13.0. The molecule has 1 aliphatic heterocycles. The number of hydrogen-bond acceptors (Lipinski definition) is 3. The minimum Gasteiger partial charge on any atom is -0.309 e. The van der Waals surface area contributed by atoms with Crippen molar-refractivity contribution in [3.05, 3.63) is 29.8 Å². The molecule has 0 aromatic carbocycles. The molecular weight excluding hydrogens is 265 g/mol. The van der Waals surface area contributed by atoms with Gasteiger partial charge in [0.25, 0.3) is 0 Å². The Hall–Kier alpha value is -1.00. The van der Waals surface area contributed by atoms with Crippen molar-refractivity contribution in [2.75, 3.05) is 19.6 Å². The lowest BCUT2D eigenvalue weighted by Gasteiger charge is -2.28. The molecule has 2 aliphatic rings. The first-order valence-electron chi connectivity index (χ1n) is 8.35. The highest BCUT2D eigenvalue weighted by molar-refractivity contribution is 5.10. The third kappa shape index (κ3) is 3.61. The van der Waals surface area contributed by atoms with Gasteiger partial charge in [0, 0.05) is 19.1 Å². The molecule has 1 saturated heterocycles. The molecule has 3 rings (SSSR count). The minimum atomic E-state index is -0.259. The number of piperidine rings is 1. The standard InChI is InChI=1S/C17H26FN3/c1-2-8-19-17(16-6-4-14(18)11-20-16)7-9-21-12-13-3-5-15(21)10-13/h4,6,11,13,15,17,19H,2-3,5,7-10,12H2,1H3. The predicted molar refractivity (Wildman–Crippen MR) is 82.5 cm³/mol. The van der Waals surface area contributed by atoms with Crippen LogP contribution in [0, 0.1) is 11.7 Å². The monoisotopic (exact) mass is 291 g/mol. The first-order valence-corrected chi connectivity index (χ1v) is 8.35. The minimum absolute atomic E-state index is 0.240. The number of likely N-dealkylation sites (tertiary alicyclic amines) is 1. The summed E-state index contributed by atoms with van der Waals surface area (Å²) in [6, 6.07) is 4.40. The van der Waals surface area contributed by atoms with E-state index in [1.807, 2.05) is 6.07 Å². The number of hydrogen-bond donors (Lipinski definition) is 1. The smallest absolute Gasteiger partial charge is 0.141 e. The summed E-state index contributed by atoms with van der Waals surface area (Å²) in [5.41, 5.74) is 0.967. The summed E-state index contributed by atoms with van der Waals surface area (Å²) in [6.45, 7) is 5.56. The van der Waals surface area contributed by atoms with Gasteiger partial charge < -0.3 is 10.2 Å². The van der Waals surface area contributed by atoms with Crippen LogP contribution < -0.4 is 5.32 Å². The van der Waals surface area contributed by atoms with Crippen molar-refractivity contribution in [2.24, 2.45) is 5.92 Å². The molecule has 0 amide bonds. The highest BCUT2D eigenvalue weighted by atomic mass is 19.1. The van der Waals surface area contributed by atoms with E-state index < -0.39 is 0 Å². The highest BCUT2D eigenvalue weighted by Crippen LogP contribution is 2.37. The van der Waals surface area contributed by atoms with Crippen molar-refractivity contribution in [3.63, 3.8) is 0 Å². The Morgan fingerprint density at radius 2 is 2.33 bits per heavy atom. The largest absolute Gasteiger partial charge is 0.309 e. The second kappa shape index (κ2) is 6.84. The summed E-state index contributed by atoms with van der Waals surface area (Å²) in [5.74, 6) is 0.686. The third-order valence-electron chi connectivity index (χ3n) is 4.98. The Kier molecular flexibility index (Phi) is 4.86. The maximum atomic E-state index is 13.0. The molecule has 0 radical (unpaired) electrons. The molecule has 0 spiro atoms. The van der Waals surface area contributed by atoms with Crippen LogP contribution in [0.1, 0.15) is 50.8 Å². The fourth-order valence-corrected chi connectivity index (χ4v) is 3.86. The Bertz CT molecular complexity index is 448. The summed E-state index contributed by atoms with van der Waals surface area (Å²) in [5, 5.41) is 3.56. The molecule has 116 valence electrons. The van der Waals surface area contributed by atoms with E-state index in [1.54, 1.807) is 0 Å². The van der Waals surface area contributed by atoms with Gasteiger partial charge in [0.15, 0.2) is 0 Å². The molecule has 1 saturated carbocycles. The van der Waals surface area contributed by atoms with Crippen LogP contribution in [0.15, 0.2) is 18.3 Å². The Morgan fingerprint density at radius 3 is 2.95 bits per heavy atom. The zero-order valence-electron chi connectivity index (χ0n) is 12.9. The number of rotatable bonds is 7. The molecule has 1 aliphatic carbocycles. The van der Waals surface area contributed by atoms with E-state index in [9.17, 15) is 4.39 Å². The van der Waals surface area contributed by atoms with Crippen molar-refractivity contribution in [3.8, 4) is 0 Å². The van der Waals surface area contributed by atoms with Crippen LogP contribution in [-0.4, -0.2) is 35.6 Å². The second-order valence-electron chi connectivity index (χ2n) is 6.52. The fourth-order valence-electron chi connectivity index (χ4n) is 3.86. The topological polar surface area (TPSA) is 28.2 Å². The quantitative estimate of drug-likeness (QED) is 0.836. The molecule has 2 heterocycles. The summed E-state index contributed by atoms with van der Waals surface area (Å²) >= 11 is 0. The lowest BCUT2D eigenvalue weighted by Crippen LogP contribution is -2.35. The van der Waals surface area contributed by atoms with Gasteiger partial charge in [-0.1, -0.05) is 6.92 Å². The van der Waals surface area contributed by atoms with Gasteiger partial charge in [-0.3, -0.25) is 4.98 Å². The van der Waals surface area contributed by atoms with Crippen LogP contribution in [0.2, 0.25) is 0 Å². The molecule has 2 fully saturated rings. The van der Waals surface area contributed by atoms with E-state index in [1.165, 1.54) is 38.1 Å². The predicted octanol–water partition coefficient (Wildman–Crippen LogP) is 3.14. The number of halogens is 1. The van der Waals surface area contributed by atoms with Gasteiger partial charge in [-0.15, -0.1) is 0 Å². The van der Waals surface area contributed by atoms with Crippen LogP contribution in [0.3, 0.4) is 0 Å². The van der Waals surface area contributed by atoms with E-state index in [0.29, 0.717) is 0 Å². The van der Waals surface area contributed by atoms with Gasteiger partial charge in [0.05, 0.1) is 17.9 Å². The molecule has 21 heavy (non-hydrogen) atoms. The molecule has 1 aromatic heterocycles. The first kappa shape index (κ1) is 14.9. The molecule has 3 nitrogen and oxygen atoms in total. The van der Waals surface area contributed by atoms with Crippen molar-refractivity contribution in [2.45, 2.75) is 51.1 Å². The maximum Gasteiger partial charge on any atom is 0.141 e. The van der Waals surface area contributed by atoms with Gasteiger partial charge in [0.1, 0.15) is 5.82 Å². The molecule has 2 bridgehead atoms. The van der Waals surface area contributed by atoms with Crippen LogP contribution in [0.5, 0.6) is 0 Å². The highest BCUT2D eigenvalue weighted by Gasteiger charge is 2.37. The Balaban J connectivity index is 1.58. The van der Waals surface area contributed by atoms with Crippen molar-refractivity contribution in [1.82, 2.24) is 15.2 Å². The van der Waals surface area contributed by atoms with E-state index in [0.717, 1.165) is 43.6 Å². The Labute approximate surface area is 126 Å². The fraction of sp³-hybridized carbons (Fsp3) is 0.706. The normalized spacial score (nSPS) is 26.4. The molecule has 3 unspecified atom stereocenters. The van der Waals surface area contributed by atoms with Gasteiger partial charge in [-0.2, -0.15) is 0 Å². The number of fused-ring (bicyclic) bond motifs is 2. The van der Waals surface area contributed by atoms with Gasteiger partial charge in [-0.05, 0) is 56.7 Å². The summed E-state index contributed by atoms with van der Waals surface area (Å²) < 4.78 is 13.0. The van der Waals surface area contributed by atoms with Crippen molar-refractivity contribution < 1.29 is 4.39 Å².